The van der Waals surface area contributed by atoms with Crippen LogP contribution >= 0.6 is 0 Å². The average molecular weight is 569 g/mol. The number of hydrogen-bond acceptors (Lipinski definition) is 5. The number of hydrogen-bond donors (Lipinski definition) is 1. The lowest BCUT2D eigenvalue weighted by Gasteiger charge is -2.18. The van der Waals surface area contributed by atoms with Crippen LogP contribution in [0.1, 0.15) is 24.8 Å². The molecule has 41 heavy (non-hydrogen) atoms. The van der Waals surface area contributed by atoms with Gasteiger partial charge in [-0.05, 0) is 60.6 Å². The molecule has 2 heterocycles. The molecule has 210 valence electrons. The second-order valence-electron chi connectivity index (χ2n) is 11.1. The van der Waals surface area contributed by atoms with Gasteiger partial charge in [-0.3, -0.25) is 9.52 Å². The van der Waals surface area contributed by atoms with Crippen molar-refractivity contribution in [2.45, 2.75) is 25.8 Å². The third-order valence-corrected chi connectivity index (χ3v) is 9.37. The molecule has 9 nitrogen and oxygen atoms in total. The molecule has 0 radical (unpaired) electrons. The van der Waals surface area contributed by atoms with Crippen LogP contribution in [0.25, 0.3) is 33.5 Å². The molecule has 1 aromatic heterocycles. The highest BCUT2D eigenvalue weighted by molar-refractivity contribution is 7.90. The van der Waals surface area contributed by atoms with Crippen molar-refractivity contribution < 1.29 is 13.2 Å². The predicted octanol–water partition coefficient (Wildman–Crippen LogP) is 4.72. The first-order chi connectivity index (χ1) is 19.7. The summed E-state index contributed by atoms with van der Waals surface area (Å²) in [6, 6.07) is 23.2. The Bertz CT molecular complexity index is 1770. The maximum atomic E-state index is 12.7. The molecular formula is C31H32N6O3S. The van der Waals surface area contributed by atoms with Crippen LogP contribution in [0.5, 0.6) is 0 Å². The number of fused-ring (bicyclic) bond motifs is 1. The highest BCUT2D eigenvalue weighted by Crippen LogP contribution is 2.35. The van der Waals surface area contributed by atoms with Crippen LogP contribution in [-0.4, -0.2) is 60.3 Å². The number of rotatable bonds is 8. The van der Waals surface area contributed by atoms with Gasteiger partial charge in [0.1, 0.15) is 11.9 Å². The van der Waals surface area contributed by atoms with Crippen LogP contribution in [0.2, 0.25) is 0 Å². The number of anilines is 1. The molecule has 1 saturated heterocycles. The lowest BCUT2D eigenvalue weighted by Crippen LogP contribution is -2.30. The molecule has 1 saturated carbocycles. The molecule has 1 N–H and O–H groups in total. The van der Waals surface area contributed by atoms with Crippen LogP contribution in [-0.2, 0) is 21.5 Å². The third-order valence-electron chi connectivity index (χ3n) is 7.92. The molecule has 3 aromatic carbocycles. The summed E-state index contributed by atoms with van der Waals surface area (Å²) in [6.07, 6.45) is 2.95. The van der Waals surface area contributed by atoms with Crippen molar-refractivity contribution in [3.63, 3.8) is 0 Å². The molecule has 1 aliphatic carbocycles. The molecule has 6 rings (SSSR count). The standard InChI is InChI=1S/C31H32N6O3S/c1-35(2)41(39,40)34-27-7-3-5-25(17-27)22-9-11-23(12-10-22)30-33-28-8-4-6-26(18-32)29(28)37(30)20-21-15-16-36(19-21)31(38)24-13-14-24/h3-12,17,21,24,34H,13-16,19-20H2,1-2H3. The van der Waals surface area contributed by atoms with Crippen molar-refractivity contribution in [2.24, 2.45) is 11.8 Å². The minimum Gasteiger partial charge on any atom is -0.342 e. The quantitative estimate of drug-likeness (QED) is 0.331. The minimum absolute atomic E-state index is 0.218. The van der Waals surface area contributed by atoms with E-state index in [9.17, 15) is 18.5 Å². The molecule has 2 fully saturated rings. The smallest absolute Gasteiger partial charge is 0.301 e. The van der Waals surface area contributed by atoms with Gasteiger partial charge in [-0.2, -0.15) is 18.0 Å². The molecule has 0 bridgehead atoms. The number of nitrogens with one attached hydrogen (secondary N) is 1. The Morgan fingerprint density at radius 2 is 1.76 bits per heavy atom. The molecule has 1 unspecified atom stereocenters. The van der Waals surface area contributed by atoms with Crippen LogP contribution in [0.3, 0.4) is 0 Å². The number of nitriles is 1. The second-order valence-corrected chi connectivity index (χ2v) is 13.0. The number of likely N-dealkylation sites (tertiary alicyclic amines) is 1. The third kappa shape index (κ3) is 5.43. The summed E-state index contributed by atoms with van der Waals surface area (Å²) < 4.78 is 30.4. The van der Waals surface area contributed by atoms with Gasteiger partial charge in [0, 0.05) is 45.2 Å². The summed E-state index contributed by atoms with van der Waals surface area (Å²) in [5.74, 6) is 1.58. The zero-order valence-corrected chi connectivity index (χ0v) is 23.9. The first kappa shape index (κ1) is 27.0. The summed E-state index contributed by atoms with van der Waals surface area (Å²) in [6.45, 7) is 2.19. The first-order valence-corrected chi connectivity index (χ1v) is 15.3. The number of benzene rings is 3. The maximum Gasteiger partial charge on any atom is 0.301 e. The topological polar surface area (TPSA) is 111 Å². The van der Waals surface area contributed by atoms with Gasteiger partial charge in [-0.25, -0.2) is 4.98 Å². The van der Waals surface area contributed by atoms with Crippen molar-refractivity contribution in [1.82, 2.24) is 18.8 Å². The Morgan fingerprint density at radius 3 is 2.46 bits per heavy atom. The van der Waals surface area contributed by atoms with Crippen LogP contribution in [0.15, 0.2) is 66.7 Å². The zero-order valence-electron chi connectivity index (χ0n) is 23.1. The van der Waals surface area contributed by atoms with Gasteiger partial charge in [0.15, 0.2) is 0 Å². The number of imidazole rings is 1. The van der Waals surface area contributed by atoms with E-state index in [4.69, 9.17) is 4.98 Å². The van der Waals surface area contributed by atoms with E-state index in [2.05, 4.69) is 15.4 Å². The number of amides is 1. The van der Waals surface area contributed by atoms with Gasteiger partial charge in [0.05, 0.1) is 22.3 Å². The molecule has 2 aliphatic rings. The molecule has 1 atom stereocenters. The summed E-state index contributed by atoms with van der Waals surface area (Å²) in [5.41, 5.74) is 5.39. The van der Waals surface area contributed by atoms with Gasteiger partial charge in [-0.1, -0.05) is 42.5 Å². The fourth-order valence-electron chi connectivity index (χ4n) is 5.52. The lowest BCUT2D eigenvalue weighted by atomic mass is 10.0. The van der Waals surface area contributed by atoms with Gasteiger partial charge in [0.2, 0.25) is 5.91 Å². The van der Waals surface area contributed by atoms with Crippen molar-refractivity contribution in [3.05, 3.63) is 72.3 Å². The molecule has 1 aliphatic heterocycles. The van der Waals surface area contributed by atoms with E-state index < -0.39 is 10.2 Å². The zero-order chi connectivity index (χ0) is 28.7. The van der Waals surface area contributed by atoms with Gasteiger partial charge < -0.3 is 9.47 Å². The summed E-state index contributed by atoms with van der Waals surface area (Å²) in [5, 5.41) is 9.88. The SMILES string of the molecule is CN(C)S(=O)(=O)Nc1cccc(-c2ccc(-c3nc4cccc(C#N)c4n3CC3CCN(C(=O)C4CC4)C3)cc2)c1. The van der Waals surface area contributed by atoms with E-state index in [0.29, 0.717) is 17.8 Å². The number of carbonyl (C=O) groups is 1. The highest BCUT2D eigenvalue weighted by atomic mass is 32.2. The lowest BCUT2D eigenvalue weighted by molar-refractivity contribution is -0.131. The second kappa shape index (κ2) is 10.7. The Morgan fingerprint density at radius 1 is 1.02 bits per heavy atom. The fraction of sp³-hybridized carbons (Fsp3) is 0.323. The van der Waals surface area contributed by atoms with E-state index in [1.165, 1.54) is 14.1 Å². The van der Waals surface area contributed by atoms with Crippen molar-refractivity contribution in [3.8, 4) is 28.6 Å². The average Bonchev–Trinajstić information content (AvgIpc) is 3.61. The number of aromatic nitrogens is 2. The molecule has 0 spiro atoms. The van der Waals surface area contributed by atoms with E-state index in [1.54, 1.807) is 12.1 Å². The Balaban J connectivity index is 1.31. The van der Waals surface area contributed by atoms with Crippen LogP contribution < -0.4 is 4.72 Å². The predicted molar refractivity (Wildman–Crippen MR) is 159 cm³/mol. The molecule has 10 heteroatoms. The summed E-state index contributed by atoms with van der Waals surface area (Å²) in [7, 11) is -0.648. The van der Waals surface area contributed by atoms with Gasteiger partial charge in [0.25, 0.3) is 0 Å². The van der Waals surface area contributed by atoms with Gasteiger partial charge in [-0.15, -0.1) is 0 Å². The largest absolute Gasteiger partial charge is 0.342 e. The van der Waals surface area contributed by atoms with Crippen LogP contribution in [0, 0.1) is 23.2 Å². The van der Waals surface area contributed by atoms with Crippen molar-refractivity contribution in [1.29, 1.82) is 5.26 Å². The monoisotopic (exact) mass is 568 g/mol. The number of carbonyl (C=O) groups excluding carboxylic acids is 1. The van der Waals surface area contributed by atoms with E-state index >= 15 is 0 Å². The normalized spacial score (nSPS) is 17.2. The molecular weight excluding hydrogens is 536 g/mol. The maximum absolute atomic E-state index is 12.7. The fourth-order valence-corrected chi connectivity index (χ4v) is 6.12. The van der Waals surface area contributed by atoms with Crippen LogP contribution in [0.4, 0.5) is 5.69 Å². The highest BCUT2D eigenvalue weighted by Gasteiger charge is 2.37. The van der Waals surface area contributed by atoms with Crippen molar-refractivity contribution >= 4 is 32.8 Å². The Kier molecular flexibility index (Phi) is 7.01. The van der Waals surface area contributed by atoms with E-state index in [0.717, 1.165) is 70.2 Å². The Hall–Kier alpha value is -4.20. The summed E-state index contributed by atoms with van der Waals surface area (Å²) in [4.78, 5) is 19.6. The molecule has 4 aromatic rings. The minimum atomic E-state index is -3.61. The number of nitrogens with zero attached hydrogens (tertiary/aromatic N) is 5. The Labute approximate surface area is 240 Å². The van der Waals surface area contributed by atoms with Gasteiger partial charge >= 0.3 is 10.2 Å². The summed E-state index contributed by atoms with van der Waals surface area (Å²) >= 11 is 0. The van der Waals surface area contributed by atoms with E-state index in [-0.39, 0.29) is 17.7 Å². The number of para-hydroxylation sites is 1. The first-order valence-electron chi connectivity index (χ1n) is 13.8. The van der Waals surface area contributed by atoms with E-state index in [1.807, 2.05) is 59.5 Å². The molecule has 1 amide bonds. The van der Waals surface area contributed by atoms with Crippen molar-refractivity contribution in [2.75, 3.05) is 31.9 Å².